The Morgan fingerprint density at radius 2 is 2.25 bits per heavy atom. The molecule has 1 aromatic rings. The van der Waals surface area contributed by atoms with Crippen molar-refractivity contribution in [2.75, 3.05) is 30.5 Å². The van der Waals surface area contributed by atoms with E-state index in [1.807, 2.05) is 13.0 Å². The zero-order valence-corrected chi connectivity index (χ0v) is 10.9. The molecule has 0 aliphatic heterocycles. The number of rotatable bonds is 7. The molecule has 0 fully saturated rings. The Balaban J connectivity index is 2.58. The van der Waals surface area contributed by atoms with Gasteiger partial charge in [-0.2, -0.15) is 16.7 Å². The molecule has 1 rings (SSSR count). The number of nitrogens with one attached hydrogen (secondary N) is 1. The summed E-state index contributed by atoms with van der Waals surface area (Å²) in [4.78, 5) is 8.59. The summed E-state index contributed by atoms with van der Waals surface area (Å²) in [6, 6.07) is 1.86. The van der Waals surface area contributed by atoms with Crippen molar-refractivity contribution in [2.45, 2.75) is 20.3 Å². The van der Waals surface area contributed by atoms with E-state index in [2.05, 4.69) is 28.5 Å². The second kappa shape index (κ2) is 7.33. The van der Waals surface area contributed by atoms with Crippen molar-refractivity contribution in [3.63, 3.8) is 0 Å². The third-order valence-corrected chi connectivity index (χ3v) is 2.49. The lowest BCUT2D eigenvalue weighted by Crippen LogP contribution is -2.09. The molecule has 1 heterocycles. The lowest BCUT2D eigenvalue weighted by atomic mass is 10.4. The molecule has 0 bridgehead atoms. The predicted molar refractivity (Wildman–Crippen MR) is 69.4 cm³/mol. The van der Waals surface area contributed by atoms with Crippen LogP contribution in [0.1, 0.15) is 19.0 Å². The summed E-state index contributed by atoms with van der Waals surface area (Å²) < 4.78 is 5.49. The standard InChI is InChI=1S/C11H19N3OS/c1-4-6-15-10-8-9(2)13-11(14-10)12-5-7-16-3/h8H,4-7H2,1-3H3,(H,12,13,14). The molecule has 0 saturated carbocycles. The monoisotopic (exact) mass is 241 g/mol. The number of thioether (sulfide) groups is 1. The summed E-state index contributed by atoms with van der Waals surface area (Å²) in [6.45, 7) is 5.59. The minimum atomic E-state index is 0.653. The van der Waals surface area contributed by atoms with Crippen molar-refractivity contribution in [1.82, 2.24) is 9.97 Å². The summed E-state index contributed by atoms with van der Waals surface area (Å²) >= 11 is 1.79. The van der Waals surface area contributed by atoms with Crippen molar-refractivity contribution >= 4 is 17.7 Å². The Kier molecular flexibility index (Phi) is 6.00. The van der Waals surface area contributed by atoms with E-state index < -0.39 is 0 Å². The van der Waals surface area contributed by atoms with Gasteiger partial charge in [-0.1, -0.05) is 6.92 Å². The molecule has 0 atom stereocenters. The highest BCUT2D eigenvalue weighted by Gasteiger charge is 2.02. The molecule has 90 valence electrons. The van der Waals surface area contributed by atoms with E-state index >= 15 is 0 Å². The van der Waals surface area contributed by atoms with Gasteiger partial charge in [-0.3, -0.25) is 0 Å². The zero-order chi connectivity index (χ0) is 11.8. The van der Waals surface area contributed by atoms with E-state index in [1.165, 1.54) is 0 Å². The first-order valence-electron chi connectivity index (χ1n) is 5.47. The van der Waals surface area contributed by atoms with Gasteiger partial charge in [0.1, 0.15) is 0 Å². The van der Waals surface area contributed by atoms with Crippen molar-refractivity contribution in [2.24, 2.45) is 0 Å². The van der Waals surface area contributed by atoms with Crippen LogP contribution in [-0.2, 0) is 0 Å². The van der Waals surface area contributed by atoms with Crippen LogP contribution in [0.3, 0.4) is 0 Å². The fourth-order valence-corrected chi connectivity index (χ4v) is 1.47. The molecule has 0 amide bonds. The Labute approximate surface area is 101 Å². The average Bonchev–Trinajstić information content (AvgIpc) is 2.26. The maximum Gasteiger partial charge on any atom is 0.226 e. The molecule has 1 aromatic heterocycles. The second-order valence-electron chi connectivity index (χ2n) is 3.44. The summed E-state index contributed by atoms with van der Waals surface area (Å²) in [5.41, 5.74) is 0.924. The molecular formula is C11H19N3OS. The smallest absolute Gasteiger partial charge is 0.226 e. The van der Waals surface area contributed by atoms with E-state index in [0.29, 0.717) is 18.4 Å². The van der Waals surface area contributed by atoms with Crippen LogP contribution in [-0.4, -0.2) is 35.1 Å². The minimum Gasteiger partial charge on any atom is -0.478 e. The predicted octanol–water partition coefficient (Wildman–Crippen LogP) is 2.35. The number of hydrogen-bond donors (Lipinski definition) is 1. The molecule has 0 aliphatic rings. The molecule has 0 saturated heterocycles. The largest absolute Gasteiger partial charge is 0.478 e. The van der Waals surface area contributed by atoms with Crippen LogP contribution in [0.15, 0.2) is 6.07 Å². The van der Waals surface area contributed by atoms with Gasteiger partial charge in [0.25, 0.3) is 0 Å². The maximum absolute atomic E-state index is 5.49. The zero-order valence-electron chi connectivity index (χ0n) is 10.1. The Hall–Kier alpha value is -0.970. The summed E-state index contributed by atoms with van der Waals surface area (Å²) in [6.07, 6.45) is 3.06. The number of hydrogen-bond acceptors (Lipinski definition) is 5. The first-order chi connectivity index (χ1) is 7.76. The number of anilines is 1. The van der Waals surface area contributed by atoms with E-state index in [0.717, 1.165) is 24.4 Å². The summed E-state index contributed by atoms with van der Waals surface area (Å²) in [5, 5.41) is 3.18. The summed E-state index contributed by atoms with van der Waals surface area (Å²) in [7, 11) is 0. The third-order valence-electron chi connectivity index (χ3n) is 1.87. The van der Waals surface area contributed by atoms with Crippen molar-refractivity contribution in [3.05, 3.63) is 11.8 Å². The van der Waals surface area contributed by atoms with E-state index in [1.54, 1.807) is 11.8 Å². The molecule has 0 aromatic carbocycles. The van der Waals surface area contributed by atoms with Crippen LogP contribution in [0.25, 0.3) is 0 Å². The fourth-order valence-electron chi connectivity index (χ4n) is 1.16. The maximum atomic E-state index is 5.49. The molecule has 16 heavy (non-hydrogen) atoms. The van der Waals surface area contributed by atoms with Crippen LogP contribution in [0.5, 0.6) is 5.88 Å². The molecule has 0 spiro atoms. The van der Waals surface area contributed by atoms with E-state index in [-0.39, 0.29) is 0 Å². The molecule has 0 aliphatic carbocycles. The van der Waals surface area contributed by atoms with Gasteiger partial charge in [0.2, 0.25) is 11.8 Å². The highest BCUT2D eigenvalue weighted by Crippen LogP contribution is 2.12. The Morgan fingerprint density at radius 1 is 1.44 bits per heavy atom. The van der Waals surface area contributed by atoms with E-state index in [9.17, 15) is 0 Å². The Morgan fingerprint density at radius 3 is 2.94 bits per heavy atom. The van der Waals surface area contributed by atoms with Gasteiger partial charge < -0.3 is 10.1 Å². The van der Waals surface area contributed by atoms with Crippen LogP contribution < -0.4 is 10.1 Å². The molecule has 0 radical (unpaired) electrons. The minimum absolute atomic E-state index is 0.653. The Bertz CT molecular complexity index is 320. The third kappa shape index (κ3) is 4.70. The number of aryl methyl sites for hydroxylation is 1. The lowest BCUT2D eigenvalue weighted by Gasteiger charge is -2.08. The molecular weight excluding hydrogens is 222 g/mol. The topological polar surface area (TPSA) is 47.0 Å². The molecule has 4 nitrogen and oxygen atoms in total. The van der Waals surface area contributed by atoms with Crippen molar-refractivity contribution in [1.29, 1.82) is 0 Å². The first kappa shape index (κ1) is 13.1. The fraction of sp³-hybridized carbons (Fsp3) is 0.636. The van der Waals surface area contributed by atoms with Crippen molar-refractivity contribution in [3.8, 4) is 5.88 Å². The van der Waals surface area contributed by atoms with Crippen LogP contribution in [0.4, 0.5) is 5.95 Å². The van der Waals surface area contributed by atoms with Gasteiger partial charge in [-0.25, -0.2) is 4.98 Å². The summed E-state index contributed by atoms with van der Waals surface area (Å²) in [5.74, 6) is 2.35. The van der Waals surface area contributed by atoms with Crippen LogP contribution >= 0.6 is 11.8 Å². The molecule has 1 N–H and O–H groups in total. The van der Waals surface area contributed by atoms with Gasteiger partial charge in [-0.15, -0.1) is 0 Å². The lowest BCUT2D eigenvalue weighted by molar-refractivity contribution is 0.305. The normalized spacial score (nSPS) is 10.2. The quantitative estimate of drug-likeness (QED) is 0.742. The van der Waals surface area contributed by atoms with Gasteiger partial charge in [0, 0.05) is 24.1 Å². The van der Waals surface area contributed by atoms with Crippen LogP contribution in [0, 0.1) is 6.92 Å². The first-order valence-corrected chi connectivity index (χ1v) is 6.87. The van der Waals surface area contributed by atoms with Gasteiger partial charge >= 0.3 is 0 Å². The number of ether oxygens (including phenoxy) is 1. The molecule has 0 unspecified atom stereocenters. The highest BCUT2D eigenvalue weighted by molar-refractivity contribution is 7.98. The number of nitrogens with zero attached hydrogens (tertiary/aromatic N) is 2. The number of aromatic nitrogens is 2. The average molecular weight is 241 g/mol. The van der Waals surface area contributed by atoms with Crippen molar-refractivity contribution < 1.29 is 4.74 Å². The van der Waals surface area contributed by atoms with Gasteiger partial charge in [-0.05, 0) is 19.6 Å². The van der Waals surface area contributed by atoms with Gasteiger partial charge in [0.05, 0.1) is 6.61 Å². The highest BCUT2D eigenvalue weighted by atomic mass is 32.2. The van der Waals surface area contributed by atoms with Crippen LogP contribution in [0.2, 0.25) is 0 Å². The second-order valence-corrected chi connectivity index (χ2v) is 4.42. The SMILES string of the molecule is CCCOc1cc(C)nc(NCCSC)n1. The molecule has 5 heteroatoms. The van der Waals surface area contributed by atoms with E-state index in [4.69, 9.17) is 4.74 Å². The van der Waals surface area contributed by atoms with Gasteiger partial charge in [0.15, 0.2) is 0 Å².